The van der Waals surface area contributed by atoms with Gasteiger partial charge in [0, 0.05) is 6.54 Å². The van der Waals surface area contributed by atoms with Gasteiger partial charge < -0.3 is 15.4 Å². The molecule has 22 heavy (non-hydrogen) atoms. The molecule has 0 saturated carbocycles. The summed E-state index contributed by atoms with van der Waals surface area (Å²) in [5.41, 5.74) is 2.36. The molecule has 0 atom stereocenters. The third kappa shape index (κ3) is 6.37. The molecule has 0 spiro atoms. The molecule has 4 heteroatoms. The Kier molecular flexibility index (Phi) is 7.22. The molecule has 2 N–H and O–H groups in total. The van der Waals surface area contributed by atoms with Crippen molar-refractivity contribution < 1.29 is 9.53 Å². The predicted molar refractivity (Wildman–Crippen MR) is 91.4 cm³/mol. The van der Waals surface area contributed by atoms with Crippen LogP contribution in [0.25, 0.3) is 0 Å². The van der Waals surface area contributed by atoms with Crippen molar-refractivity contribution in [3.05, 3.63) is 29.3 Å². The summed E-state index contributed by atoms with van der Waals surface area (Å²) in [5, 5.41) is 5.56. The molecule has 1 aromatic carbocycles. The molecule has 0 aromatic heterocycles. The smallest absolute Gasteiger partial charge is 0.317 e. The molecular formula is C18H30N2O2. The highest BCUT2D eigenvalue weighted by Crippen LogP contribution is 2.31. The summed E-state index contributed by atoms with van der Waals surface area (Å²) in [4.78, 5) is 11.6. The molecule has 0 saturated heterocycles. The normalized spacial score (nSPS) is 11.1. The van der Waals surface area contributed by atoms with Gasteiger partial charge in [0.05, 0.1) is 0 Å². The Morgan fingerprint density at radius 3 is 2.55 bits per heavy atom. The molecule has 0 radical (unpaired) electrons. The lowest BCUT2D eigenvalue weighted by Crippen LogP contribution is -2.38. The minimum atomic E-state index is -0.180. The summed E-state index contributed by atoms with van der Waals surface area (Å²) in [6, 6.07) is 5.95. The topological polar surface area (TPSA) is 50.4 Å². The summed E-state index contributed by atoms with van der Waals surface area (Å²) >= 11 is 0. The monoisotopic (exact) mass is 306 g/mol. The molecule has 124 valence electrons. The maximum atomic E-state index is 11.6. The van der Waals surface area contributed by atoms with Crippen LogP contribution in [0.1, 0.15) is 58.1 Å². The van der Waals surface area contributed by atoms with E-state index in [2.05, 4.69) is 51.3 Å². The molecule has 0 bridgehead atoms. The molecule has 0 unspecified atom stereocenters. The average molecular weight is 306 g/mol. The van der Waals surface area contributed by atoms with Gasteiger partial charge in [-0.1, -0.05) is 58.2 Å². The molecule has 1 rings (SSSR count). The second-order valence-electron chi connectivity index (χ2n) is 6.68. The highest BCUT2D eigenvalue weighted by Gasteiger charge is 2.19. The fraction of sp³-hybridized carbons (Fsp3) is 0.611. The number of urea groups is 1. The average Bonchev–Trinajstić information content (AvgIpc) is 2.44. The van der Waals surface area contributed by atoms with Crippen LogP contribution in [0.4, 0.5) is 4.79 Å². The van der Waals surface area contributed by atoms with Crippen LogP contribution in [0.15, 0.2) is 18.2 Å². The number of ether oxygens (including phenoxy) is 1. The van der Waals surface area contributed by atoms with E-state index in [9.17, 15) is 4.79 Å². The molecule has 1 aromatic rings. The van der Waals surface area contributed by atoms with E-state index in [-0.39, 0.29) is 18.2 Å². The highest BCUT2D eigenvalue weighted by atomic mass is 16.5. The summed E-state index contributed by atoms with van der Waals surface area (Å²) in [7, 11) is 0. The van der Waals surface area contributed by atoms with Gasteiger partial charge in [0.15, 0.2) is 6.73 Å². The van der Waals surface area contributed by atoms with E-state index >= 15 is 0 Å². The Balaban J connectivity index is 2.47. The fourth-order valence-electron chi connectivity index (χ4n) is 2.17. The number of nitrogens with one attached hydrogen (secondary N) is 2. The van der Waals surface area contributed by atoms with E-state index in [1.165, 1.54) is 5.56 Å². The first-order valence-corrected chi connectivity index (χ1v) is 8.10. The quantitative estimate of drug-likeness (QED) is 0.588. The summed E-state index contributed by atoms with van der Waals surface area (Å²) in [6.07, 6.45) is 3.29. The van der Waals surface area contributed by atoms with E-state index < -0.39 is 0 Å². The van der Waals surface area contributed by atoms with Gasteiger partial charge in [0.25, 0.3) is 0 Å². The van der Waals surface area contributed by atoms with Crippen molar-refractivity contribution in [1.82, 2.24) is 10.6 Å². The minimum absolute atomic E-state index is 0.00373. The summed E-state index contributed by atoms with van der Waals surface area (Å²) in [6.45, 7) is 11.6. The van der Waals surface area contributed by atoms with E-state index in [1.54, 1.807) is 0 Å². The van der Waals surface area contributed by atoms with Gasteiger partial charge >= 0.3 is 6.03 Å². The second-order valence-corrected chi connectivity index (χ2v) is 6.68. The first kappa shape index (κ1) is 18.3. The first-order valence-electron chi connectivity index (χ1n) is 8.10. The second kappa shape index (κ2) is 8.66. The lowest BCUT2D eigenvalue weighted by atomic mass is 9.85. The number of rotatable bonds is 7. The molecule has 0 aliphatic heterocycles. The zero-order valence-corrected chi connectivity index (χ0v) is 14.6. The van der Waals surface area contributed by atoms with Gasteiger partial charge in [-0.05, 0) is 30.4 Å². The van der Waals surface area contributed by atoms with Crippen LogP contribution in [0, 0.1) is 6.92 Å². The number of unbranched alkanes of at least 4 members (excludes halogenated alkanes) is 2. The number of carbonyl (C=O) groups is 1. The maximum Gasteiger partial charge on any atom is 0.317 e. The van der Waals surface area contributed by atoms with Crippen LogP contribution < -0.4 is 15.4 Å². The van der Waals surface area contributed by atoms with E-state index in [0.717, 1.165) is 30.6 Å². The third-order valence-electron chi connectivity index (χ3n) is 3.47. The van der Waals surface area contributed by atoms with Crippen molar-refractivity contribution in [2.24, 2.45) is 0 Å². The predicted octanol–water partition coefficient (Wildman–Crippen LogP) is 4.12. The van der Waals surface area contributed by atoms with Crippen molar-refractivity contribution in [2.45, 2.75) is 59.3 Å². The zero-order chi connectivity index (χ0) is 16.6. The molecular weight excluding hydrogens is 276 g/mol. The van der Waals surface area contributed by atoms with Crippen LogP contribution in [0.2, 0.25) is 0 Å². The van der Waals surface area contributed by atoms with Crippen LogP contribution in [-0.2, 0) is 5.41 Å². The van der Waals surface area contributed by atoms with Crippen LogP contribution in [-0.4, -0.2) is 19.3 Å². The SMILES string of the molecule is CCCCCNC(=O)NCOc1ccc(C)cc1C(C)(C)C. The standard InChI is InChI=1S/C18H30N2O2/c1-6-7-8-11-19-17(21)20-13-22-16-10-9-14(2)12-15(16)18(3,4)5/h9-10,12H,6-8,11,13H2,1-5H3,(H2,19,20,21). The fourth-order valence-corrected chi connectivity index (χ4v) is 2.17. The van der Waals surface area contributed by atoms with Crippen molar-refractivity contribution >= 4 is 6.03 Å². The largest absolute Gasteiger partial charge is 0.473 e. The maximum absolute atomic E-state index is 11.6. The number of hydrogen-bond acceptors (Lipinski definition) is 2. The van der Waals surface area contributed by atoms with Crippen LogP contribution in [0.5, 0.6) is 5.75 Å². The van der Waals surface area contributed by atoms with Gasteiger partial charge in [0.1, 0.15) is 5.75 Å². The molecule has 2 amide bonds. The van der Waals surface area contributed by atoms with Gasteiger partial charge in [-0.3, -0.25) is 0 Å². The molecule has 0 heterocycles. The van der Waals surface area contributed by atoms with E-state index in [0.29, 0.717) is 6.54 Å². The van der Waals surface area contributed by atoms with Crippen molar-refractivity contribution in [1.29, 1.82) is 0 Å². The Labute approximate surface area is 134 Å². The minimum Gasteiger partial charge on any atom is -0.473 e. The number of benzene rings is 1. The van der Waals surface area contributed by atoms with E-state index in [4.69, 9.17) is 4.74 Å². The lowest BCUT2D eigenvalue weighted by molar-refractivity contribution is 0.223. The van der Waals surface area contributed by atoms with Crippen molar-refractivity contribution in [3.63, 3.8) is 0 Å². The van der Waals surface area contributed by atoms with Crippen molar-refractivity contribution in [2.75, 3.05) is 13.3 Å². The number of aryl methyl sites for hydroxylation is 1. The summed E-state index contributed by atoms with van der Waals surface area (Å²) < 4.78 is 5.74. The Morgan fingerprint density at radius 2 is 1.91 bits per heavy atom. The third-order valence-corrected chi connectivity index (χ3v) is 3.47. The van der Waals surface area contributed by atoms with Crippen LogP contribution in [0.3, 0.4) is 0 Å². The first-order chi connectivity index (χ1) is 10.3. The van der Waals surface area contributed by atoms with Gasteiger partial charge in [-0.15, -0.1) is 0 Å². The number of carbonyl (C=O) groups excluding carboxylic acids is 1. The van der Waals surface area contributed by atoms with Crippen molar-refractivity contribution in [3.8, 4) is 5.75 Å². The highest BCUT2D eigenvalue weighted by molar-refractivity contribution is 5.73. The van der Waals surface area contributed by atoms with Gasteiger partial charge in [0.2, 0.25) is 0 Å². The number of amides is 2. The molecule has 0 fully saturated rings. The molecule has 0 aliphatic carbocycles. The van der Waals surface area contributed by atoms with Gasteiger partial charge in [-0.2, -0.15) is 0 Å². The Morgan fingerprint density at radius 1 is 1.18 bits per heavy atom. The lowest BCUT2D eigenvalue weighted by Gasteiger charge is -2.23. The van der Waals surface area contributed by atoms with Gasteiger partial charge in [-0.25, -0.2) is 4.79 Å². The van der Waals surface area contributed by atoms with Crippen LogP contribution >= 0.6 is 0 Å². The van der Waals surface area contributed by atoms with E-state index in [1.807, 2.05) is 12.1 Å². The Hall–Kier alpha value is -1.71. The Bertz CT molecular complexity index is 478. The molecule has 0 aliphatic rings. The zero-order valence-electron chi connectivity index (χ0n) is 14.6. The number of hydrogen-bond donors (Lipinski definition) is 2. The molecule has 4 nitrogen and oxygen atoms in total. The summed E-state index contributed by atoms with van der Waals surface area (Å²) in [5.74, 6) is 0.824.